The highest BCUT2D eigenvalue weighted by atomic mass is 16.1. The van der Waals surface area contributed by atoms with Crippen molar-refractivity contribution in [2.45, 2.75) is 57.4 Å². The van der Waals surface area contributed by atoms with Crippen molar-refractivity contribution in [1.82, 2.24) is 14.8 Å². The van der Waals surface area contributed by atoms with Crippen molar-refractivity contribution < 1.29 is 0 Å². The van der Waals surface area contributed by atoms with Gasteiger partial charge in [-0.3, -0.25) is 9.48 Å². The Morgan fingerprint density at radius 2 is 2.05 bits per heavy atom. The van der Waals surface area contributed by atoms with Gasteiger partial charge in [0.05, 0.1) is 16.9 Å². The summed E-state index contributed by atoms with van der Waals surface area (Å²) in [5, 5.41) is 5.67. The summed E-state index contributed by atoms with van der Waals surface area (Å²) < 4.78 is 2.13. The minimum absolute atomic E-state index is 0.00165. The van der Waals surface area contributed by atoms with Crippen LogP contribution in [0.15, 0.2) is 23.1 Å². The van der Waals surface area contributed by atoms with E-state index in [4.69, 9.17) is 5.10 Å². The zero-order valence-corrected chi connectivity index (χ0v) is 12.3. The van der Waals surface area contributed by atoms with Gasteiger partial charge in [0.2, 0.25) is 0 Å². The van der Waals surface area contributed by atoms with E-state index in [9.17, 15) is 4.79 Å². The second kappa shape index (κ2) is 5.17. The Labute approximate surface area is 123 Å². The van der Waals surface area contributed by atoms with Crippen molar-refractivity contribution in [3.05, 3.63) is 34.4 Å². The van der Waals surface area contributed by atoms with Gasteiger partial charge < -0.3 is 4.98 Å². The average molecular weight is 283 g/mol. The number of fused-ring (bicyclic) bond motifs is 1. The molecule has 1 N–H and O–H groups in total. The molecule has 0 unspecified atom stereocenters. The van der Waals surface area contributed by atoms with Gasteiger partial charge in [-0.25, -0.2) is 0 Å². The summed E-state index contributed by atoms with van der Waals surface area (Å²) in [7, 11) is 0. The Hall–Kier alpha value is -1.84. The van der Waals surface area contributed by atoms with Crippen LogP contribution in [0.3, 0.4) is 0 Å². The van der Waals surface area contributed by atoms with Gasteiger partial charge in [0.15, 0.2) is 0 Å². The minimum atomic E-state index is -0.00165. The highest BCUT2D eigenvalue weighted by Crippen LogP contribution is 2.35. The SMILES string of the molecule is O=c1[nH]ccc2c1c(C1=CCCCC1)nn2C1CCCC1. The van der Waals surface area contributed by atoms with Crippen LogP contribution in [0.25, 0.3) is 16.5 Å². The molecular weight excluding hydrogens is 262 g/mol. The average Bonchev–Trinajstić information content (AvgIpc) is 3.16. The van der Waals surface area contributed by atoms with Gasteiger partial charge in [0.25, 0.3) is 5.56 Å². The van der Waals surface area contributed by atoms with Gasteiger partial charge in [-0.1, -0.05) is 18.9 Å². The Bertz CT molecular complexity index is 747. The summed E-state index contributed by atoms with van der Waals surface area (Å²) >= 11 is 0. The van der Waals surface area contributed by atoms with E-state index in [-0.39, 0.29) is 5.56 Å². The quantitative estimate of drug-likeness (QED) is 0.911. The summed E-state index contributed by atoms with van der Waals surface area (Å²) in [6, 6.07) is 2.47. The first-order valence-corrected chi connectivity index (χ1v) is 8.14. The van der Waals surface area contributed by atoms with Crippen LogP contribution in [0.1, 0.15) is 63.1 Å². The van der Waals surface area contributed by atoms with Crippen LogP contribution in [-0.4, -0.2) is 14.8 Å². The van der Waals surface area contributed by atoms with Crippen LogP contribution in [0, 0.1) is 0 Å². The molecule has 0 atom stereocenters. The van der Waals surface area contributed by atoms with E-state index >= 15 is 0 Å². The number of nitrogens with one attached hydrogen (secondary N) is 1. The van der Waals surface area contributed by atoms with Crippen LogP contribution < -0.4 is 5.56 Å². The van der Waals surface area contributed by atoms with Crippen molar-refractivity contribution >= 4 is 16.5 Å². The molecule has 0 radical (unpaired) electrons. The highest BCUT2D eigenvalue weighted by Gasteiger charge is 2.24. The zero-order chi connectivity index (χ0) is 14.2. The molecule has 110 valence electrons. The largest absolute Gasteiger partial charge is 0.328 e. The van der Waals surface area contributed by atoms with Gasteiger partial charge in [-0.2, -0.15) is 5.10 Å². The van der Waals surface area contributed by atoms with Crippen molar-refractivity contribution in [2.75, 3.05) is 0 Å². The first-order chi connectivity index (χ1) is 10.3. The van der Waals surface area contributed by atoms with E-state index in [1.54, 1.807) is 6.20 Å². The van der Waals surface area contributed by atoms with E-state index in [0.29, 0.717) is 6.04 Å². The van der Waals surface area contributed by atoms with Crippen molar-refractivity contribution in [1.29, 1.82) is 0 Å². The summed E-state index contributed by atoms with van der Waals surface area (Å²) in [5.74, 6) is 0. The number of allylic oxidation sites excluding steroid dienone is 2. The number of hydrogen-bond donors (Lipinski definition) is 1. The fourth-order valence-electron chi connectivity index (χ4n) is 3.80. The molecule has 2 aliphatic rings. The third-order valence-corrected chi connectivity index (χ3v) is 4.90. The van der Waals surface area contributed by atoms with Crippen LogP contribution >= 0.6 is 0 Å². The number of H-pyrrole nitrogens is 1. The smallest absolute Gasteiger partial charge is 0.259 e. The van der Waals surface area contributed by atoms with E-state index in [0.717, 1.165) is 29.4 Å². The molecule has 0 saturated heterocycles. The Morgan fingerprint density at radius 3 is 2.81 bits per heavy atom. The maximum Gasteiger partial charge on any atom is 0.259 e. The monoisotopic (exact) mass is 283 g/mol. The Kier molecular flexibility index (Phi) is 3.17. The van der Waals surface area contributed by atoms with Gasteiger partial charge in [0, 0.05) is 6.20 Å². The van der Waals surface area contributed by atoms with E-state index in [2.05, 4.69) is 15.7 Å². The molecule has 0 aliphatic heterocycles. The summed E-state index contributed by atoms with van der Waals surface area (Å²) in [4.78, 5) is 15.2. The molecule has 1 fully saturated rings. The number of aromatic nitrogens is 3. The van der Waals surface area contributed by atoms with Crippen molar-refractivity contribution in [2.24, 2.45) is 0 Å². The summed E-state index contributed by atoms with van der Waals surface area (Å²) in [6.45, 7) is 0. The van der Waals surface area contributed by atoms with Crippen LogP contribution in [0.4, 0.5) is 0 Å². The molecule has 2 aliphatic carbocycles. The lowest BCUT2D eigenvalue weighted by atomic mass is 9.96. The Balaban J connectivity index is 1.93. The predicted molar refractivity (Wildman–Crippen MR) is 84.3 cm³/mol. The van der Waals surface area contributed by atoms with E-state index < -0.39 is 0 Å². The number of hydrogen-bond acceptors (Lipinski definition) is 2. The van der Waals surface area contributed by atoms with Gasteiger partial charge in [-0.15, -0.1) is 0 Å². The first kappa shape index (κ1) is 12.9. The topological polar surface area (TPSA) is 50.7 Å². The molecule has 0 spiro atoms. The molecule has 4 heteroatoms. The second-order valence-corrected chi connectivity index (χ2v) is 6.27. The van der Waals surface area contributed by atoms with Crippen LogP contribution in [-0.2, 0) is 0 Å². The van der Waals surface area contributed by atoms with Crippen molar-refractivity contribution in [3.63, 3.8) is 0 Å². The zero-order valence-electron chi connectivity index (χ0n) is 12.3. The van der Waals surface area contributed by atoms with Crippen LogP contribution in [0.2, 0.25) is 0 Å². The number of nitrogens with zero attached hydrogens (tertiary/aromatic N) is 2. The maximum atomic E-state index is 12.3. The van der Waals surface area contributed by atoms with Gasteiger partial charge in [-0.05, 0) is 50.2 Å². The fraction of sp³-hybridized carbons (Fsp3) is 0.529. The molecule has 2 heterocycles. The number of aromatic amines is 1. The summed E-state index contributed by atoms with van der Waals surface area (Å²) in [6.07, 6.45) is 13.5. The molecule has 1 saturated carbocycles. The molecule has 2 aromatic heterocycles. The third-order valence-electron chi connectivity index (χ3n) is 4.90. The predicted octanol–water partition coefficient (Wildman–Crippen LogP) is 3.80. The molecule has 21 heavy (non-hydrogen) atoms. The normalized spacial score (nSPS) is 20.1. The molecule has 0 aromatic carbocycles. The maximum absolute atomic E-state index is 12.3. The summed E-state index contributed by atoms with van der Waals surface area (Å²) in [5.41, 5.74) is 3.20. The molecule has 4 rings (SSSR count). The van der Waals surface area contributed by atoms with E-state index in [1.807, 2.05) is 6.07 Å². The highest BCUT2D eigenvalue weighted by molar-refractivity contribution is 5.90. The number of pyridine rings is 1. The first-order valence-electron chi connectivity index (χ1n) is 8.14. The van der Waals surface area contributed by atoms with E-state index in [1.165, 1.54) is 44.1 Å². The van der Waals surface area contributed by atoms with Crippen molar-refractivity contribution in [3.8, 4) is 0 Å². The molecule has 0 bridgehead atoms. The third kappa shape index (κ3) is 2.13. The lowest BCUT2D eigenvalue weighted by molar-refractivity contribution is 0.480. The number of rotatable bonds is 2. The lowest BCUT2D eigenvalue weighted by Crippen LogP contribution is -2.08. The van der Waals surface area contributed by atoms with Gasteiger partial charge >= 0.3 is 0 Å². The minimum Gasteiger partial charge on any atom is -0.328 e. The lowest BCUT2D eigenvalue weighted by Gasteiger charge is -2.12. The fourth-order valence-corrected chi connectivity index (χ4v) is 3.80. The standard InChI is InChI=1S/C17H21N3O/c21-17-15-14(10-11-18-17)20(13-8-4-5-9-13)19-16(15)12-6-2-1-3-7-12/h6,10-11,13H,1-5,7-9H2,(H,18,21). The molecule has 0 amide bonds. The second-order valence-electron chi connectivity index (χ2n) is 6.27. The van der Waals surface area contributed by atoms with Crippen LogP contribution in [0.5, 0.6) is 0 Å². The molecular formula is C17H21N3O. The molecule has 4 nitrogen and oxygen atoms in total. The molecule has 2 aromatic rings. The van der Waals surface area contributed by atoms with Gasteiger partial charge in [0.1, 0.15) is 5.69 Å². The Morgan fingerprint density at radius 1 is 1.19 bits per heavy atom.